The van der Waals surface area contributed by atoms with Crippen LogP contribution in [-0.2, 0) is 4.79 Å². The fourth-order valence-corrected chi connectivity index (χ4v) is 0. The van der Waals surface area contributed by atoms with Crippen molar-refractivity contribution in [3.05, 3.63) is 0 Å². The summed E-state index contributed by atoms with van der Waals surface area (Å²) in [7, 11) is 0. The zero-order valence-corrected chi connectivity index (χ0v) is 10.9. The van der Waals surface area contributed by atoms with Crippen LogP contribution in [0.1, 0.15) is 4.28 Å². The zero-order chi connectivity index (χ0) is 4.28. The van der Waals surface area contributed by atoms with Gasteiger partial charge < -0.3 is 14.9 Å². The van der Waals surface area contributed by atoms with Crippen LogP contribution in [0.25, 0.3) is 0 Å². The van der Waals surface area contributed by atoms with Crippen molar-refractivity contribution >= 4 is 55.5 Å². The normalized spacial score (nSPS) is 4.75. The number of rotatable bonds is 1. The van der Waals surface area contributed by atoms with E-state index in [0.29, 0.717) is 0 Å². The molecular formula is C2H9CaKO3S. The monoisotopic (exact) mass is 192 g/mol. The molecule has 8 heavy (non-hydrogen) atoms. The number of aliphatic hydroxyl groups excluding tert-OH is 1. The summed E-state index contributed by atoms with van der Waals surface area (Å²) in [6.07, 6.45) is 0. The maximum Gasteiger partial charge on any atom is 2.00 e. The van der Waals surface area contributed by atoms with Crippen LogP contribution in [0.2, 0.25) is 0 Å². The average molecular weight is 192 g/mol. The van der Waals surface area contributed by atoms with Gasteiger partial charge in [0.05, 0.1) is 0 Å². The van der Waals surface area contributed by atoms with Crippen molar-refractivity contribution < 1.29 is 71.0 Å². The van der Waals surface area contributed by atoms with E-state index in [1.165, 1.54) is 0 Å². The van der Waals surface area contributed by atoms with Crippen LogP contribution in [0.4, 0.5) is 0 Å². The Bertz CT molecular complexity index is 61.8. The molecule has 0 aromatic rings. The standard InChI is InChI=1S/C2H4O2S.Ca.K.H2O.3H/c3-1-2(4)5;;;;;;/h3H,1H2,(H,4,5);;;1H2;;;/q;+2;+1;;3*-1. The van der Waals surface area contributed by atoms with Crippen LogP contribution >= 0.6 is 12.6 Å². The second-order valence-corrected chi connectivity index (χ2v) is 1.05. The summed E-state index contributed by atoms with van der Waals surface area (Å²) >= 11 is 3.21. The molecule has 44 valence electrons. The van der Waals surface area contributed by atoms with Crippen molar-refractivity contribution in [2.45, 2.75) is 0 Å². The van der Waals surface area contributed by atoms with Crippen molar-refractivity contribution in [1.82, 2.24) is 0 Å². The van der Waals surface area contributed by atoms with Crippen molar-refractivity contribution in [3.63, 3.8) is 0 Å². The van der Waals surface area contributed by atoms with Gasteiger partial charge >= 0.3 is 89.1 Å². The number of aliphatic hydroxyl groups is 1. The Hall–Kier alpha value is 2.84. The Balaban J connectivity index is -0.00000000533. The van der Waals surface area contributed by atoms with Gasteiger partial charge in [-0.15, -0.1) is 12.6 Å². The van der Waals surface area contributed by atoms with Gasteiger partial charge in [0.15, 0.2) is 0 Å². The predicted octanol–water partition coefficient (Wildman–Crippen LogP) is -4.43. The van der Waals surface area contributed by atoms with E-state index in [-0.39, 0.29) is 98.9 Å². The summed E-state index contributed by atoms with van der Waals surface area (Å²) < 4.78 is 0. The van der Waals surface area contributed by atoms with E-state index in [0.717, 1.165) is 0 Å². The quantitative estimate of drug-likeness (QED) is 0.325. The van der Waals surface area contributed by atoms with Crippen molar-refractivity contribution in [1.29, 1.82) is 0 Å². The van der Waals surface area contributed by atoms with Crippen molar-refractivity contribution in [2.75, 3.05) is 6.61 Å². The Labute approximate surface area is 130 Å². The second kappa shape index (κ2) is 16.4. The van der Waals surface area contributed by atoms with Gasteiger partial charge in [-0.1, -0.05) is 0 Å². The van der Waals surface area contributed by atoms with Gasteiger partial charge in [0.25, 0.3) is 0 Å². The van der Waals surface area contributed by atoms with E-state index in [4.69, 9.17) is 5.11 Å². The number of hydrogen-bond donors (Lipinski definition) is 2. The molecule has 0 unspecified atom stereocenters. The molecule has 0 heterocycles. The Morgan fingerprint density at radius 3 is 1.88 bits per heavy atom. The first kappa shape index (κ1) is 22.4. The molecule has 3 nitrogen and oxygen atoms in total. The molecule has 0 spiro atoms. The minimum Gasteiger partial charge on any atom is -1.00 e. The second-order valence-electron chi connectivity index (χ2n) is 0.552. The van der Waals surface area contributed by atoms with Gasteiger partial charge in [0.1, 0.15) is 6.61 Å². The van der Waals surface area contributed by atoms with Crippen LogP contribution in [0.15, 0.2) is 0 Å². The molecule has 0 bridgehead atoms. The Morgan fingerprint density at radius 2 is 1.88 bits per heavy atom. The van der Waals surface area contributed by atoms with Gasteiger partial charge in [-0.05, 0) is 0 Å². The third-order valence-electron chi connectivity index (χ3n) is 0.135. The van der Waals surface area contributed by atoms with Crippen LogP contribution in [0, 0.1) is 0 Å². The molecule has 0 aromatic carbocycles. The smallest absolute Gasteiger partial charge is 1.00 e. The molecule has 0 aliphatic heterocycles. The summed E-state index contributed by atoms with van der Waals surface area (Å²) in [6, 6.07) is 0. The molecule has 0 aromatic heterocycles. The molecule has 0 aliphatic carbocycles. The summed E-state index contributed by atoms with van der Waals surface area (Å²) in [5.74, 6) is 0. The van der Waals surface area contributed by atoms with Crippen LogP contribution in [0.3, 0.4) is 0 Å². The summed E-state index contributed by atoms with van der Waals surface area (Å²) in [6.45, 7) is -0.469. The van der Waals surface area contributed by atoms with Crippen molar-refractivity contribution in [3.8, 4) is 0 Å². The maximum atomic E-state index is 9.43. The Kier molecular flexibility index (Phi) is 46.1. The number of thiol groups is 1. The van der Waals surface area contributed by atoms with E-state index in [9.17, 15) is 4.79 Å². The average Bonchev–Trinajstić information content (AvgIpc) is 1.38. The van der Waals surface area contributed by atoms with E-state index in [1.807, 2.05) is 0 Å². The number of carbonyl (C=O) groups excluding carboxylic acids is 1. The summed E-state index contributed by atoms with van der Waals surface area (Å²) in [5, 5.41) is 7.22. The molecule has 0 saturated carbocycles. The SMILES string of the molecule is O.O=C(S)CO.[Ca+2].[H-].[H-].[H-].[K+]. The molecule has 0 rings (SSSR count). The molecule has 0 saturated heterocycles. The van der Waals surface area contributed by atoms with E-state index in [2.05, 4.69) is 12.6 Å². The van der Waals surface area contributed by atoms with Gasteiger partial charge in [-0.3, -0.25) is 4.79 Å². The van der Waals surface area contributed by atoms with Crippen LogP contribution in [-0.4, -0.2) is 60.0 Å². The fraction of sp³-hybridized carbons (Fsp3) is 0.500. The first-order chi connectivity index (χ1) is 2.27. The molecule has 0 amide bonds. The molecule has 0 atom stereocenters. The molecule has 0 radical (unpaired) electrons. The van der Waals surface area contributed by atoms with Gasteiger partial charge in [-0.25, -0.2) is 0 Å². The largest absolute Gasteiger partial charge is 2.00 e. The summed E-state index contributed by atoms with van der Waals surface area (Å²) in [4.78, 5) is 9.43. The Morgan fingerprint density at radius 1 is 1.75 bits per heavy atom. The number of hydrogen-bond acceptors (Lipinski definition) is 2. The number of carbonyl (C=O) groups is 1. The first-order valence-corrected chi connectivity index (χ1v) is 1.54. The zero-order valence-electron chi connectivity index (χ0n) is 7.72. The van der Waals surface area contributed by atoms with E-state index in [1.54, 1.807) is 0 Å². The molecule has 0 fully saturated rings. The minimum absolute atomic E-state index is 0. The molecule has 6 heteroatoms. The first-order valence-electron chi connectivity index (χ1n) is 1.10. The molecule has 0 aliphatic rings. The predicted molar refractivity (Wildman–Crippen MR) is 33.8 cm³/mol. The molecule has 3 N–H and O–H groups in total. The minimum atomic E-state index is -0.495. The van der Waals surface area contributed by atoms with E-state index >= 15 is 0 Å². The van der Waals surface area contributed by atoms with E-state index < -0.39 is 11.7 Å². The third kappa shape index (κ3) is 23.2. The van der Waals surface area contributed by atoms with Crippen LogP contribution < -0.4 is 51.4 Å². The van der Waals surface area contributed by atoms with Gasteiger partial charge in [0.2, 0.25) is 5.12 Å². The maximum absolute atomic E-state index is 9.43. The topological polar surface area (TPSA) is 68.8 Å². The third-order valence-corrected chi connectivity index (χ3v) is 0.277. The van der Waals surface area contributed by atoms with Gasteiger partial charge in [-0.2, -0.15) is 0 Å². The van der Waals surface area contributed by atoms with Crippen molar-refractivity contribution in [2.24, 2.45) is 0 Å². The fourth-order valence-electron chi connectivity index (χ4n) is 0. The van der Waals surface area contributed by atoms with Crippen LogP contribution in [0.5, 0.6) is 0 Å². The van der Waals surface area contributed by atoms with Gasteiger partial charge in [0, 0.05) is 0 Å². The molecular weight excluding hydrogens is 183 g/mol. The summed E-state index contributed by atoms with van der Waals surface area (Å²) in [5.41, 5.74) is 0.